The lowest BCUT2D eigenvalue weighted by Crippen LogP contribution is -2.26. The highest BCUT2D eigenvalue weighted by molar-refractivity contribution is 7.89. The minimum absolute atomic E-state index is 0.171. The zero-order chi connectivity index (χ0) is 13.7. The van der Waals surface area contributed by atoms with Gasteiger partial charge in [-0.25, -0.2) is 18.1 Å². The predicted octanol–water partition coefficient (Wildman–Crippen LogP) is 0.334. The lowest BCUT2D eigenvalue weighted by molar-refractivity contribution is 0.413. The van der Waals surface area contributed by atoms with E-state index in [1.165, 1.54) is 25.6 Å². The topological polar surface area (TPSA) is 97.0 Å². The molecule has 8 heteroatoms. The van der Waals surface area contributed by atoms with E-state index in [1.54, 1.807) is 12.1 Å². The molecular formula is C11H14N4O3S. The Morgan fingerprint density at radius 2 is 2.26 bits per heavy atom. The number of nitrogens with one attached hydrogen (secondary N) is 2. The fraction of sp³-hybridized carbons (Fsp3) is 0.273. The SMILES string of the molecule is COc1cccc(S(=O)(=O)NCCc2ncn[nH]2)c1. The summed E-state index contributed by atoms with van der Waals surface area (Å²) in [6.45, 7) is 0.245. The summed E-state index contributed by atoms with van der Waals surface area (Å²) >= 11 is 0. The summed E-state index contributed by atoms with van der Waals surface area (Å²) < 4.78 is 31.5. The second kappa shape index (κ2) is 5.81. The molecule has 19 heavy (non-hydrogen) atoms. The summed E-state index contributed by atoms with van der Waals surface area (Å²) in [7, 11) is -2.05. The number of sulfonamides is 1. The minimum atomic E-state index is -3.54. The first kappa shape index (κ1) is 13.5. The maximum absolute atomic E-state index is 12.0. The molecule has 0 aliphatic rings. The molecule has 7 nitrogen and oxygen atoms in total. The number of nitrogens with zero attached hydrogens (tertiary/aromatic N) is 2. The lowest BCUT2D eigenvalue weighted by Gasteiger charge is -2.07. The Balaban J connectivity index is 2.01. The molecule has 0 aliphatic carbocycles. The number of benzene rings is 1. The van der Waals surface area contributed by atoms with Gasteiger partial charge in [0.1, 0.15) is 17.9 Å². The molecule has 0 fully saturated rings. The highest BCUT2D eigenvalue weighted by Gasteiger charge is 2.14. The molecule has 1 aromatic carbocycles. The number of rotatable bonds is 6. The Morgan fingerprint density at radius 1 is 1.42 bits per heavy atom. The van der Waals surface area contributed by atoms with Gasteiger partial charge in [0.2, 0.25) is 10.0 Å². The van der Waals surface area contributed by atoms with Gasteiger partial charge in [0.05, 0.1) is 12.0 Å². The van der Waals surface area contributed by atoms with Gasteiger partial charge in [0.15, 0.2) is 0 Å². The maximum atomic E-state index is 12.0. The number of ether oxygens (including phenoxy) is 1. The van der Waals surface area contributed by atoms with Crippen LogP contribution in [0.5, 0.6) is 5.75 Å². The largest absolute Gasteiger partial charge is 0.497 e. The average molecular weight is 282 g/mol. The number of aromatic nitrogens is 3. The van der Waals surface area contributed by atoms with Crippen LogP contribution >= 0.6 is 0 Å². The van der Waals surface area contributed by atoms with Gasteiger partial charge in [-0.2, -0.15) is 5.10 Å². The van der Waals surface area contributed by atoms with Gasteiger partial charge >= 0.3 is 0 Å². The zero-order valence-corrected chi connectivity index (χ0v) is 11.1. The molecule has 0 unspecified atom stereocenters. The Morgan fingerprint density at radius 3 is 2.95 bits per heavy atom. The second-order valence-electron chi connectivity index (χ2n) is 3.76. The molecule has 0 radical (unpaired) electrons. The molecule has 2 N–H and O–H groups in total. The second-order valence-corrected chi connectivity index (χ2v) is 5.53. The van der Waals surface area contributed by atoms with Crippen LogP contribution in [0, 0.1) is 0 Å². The van der Waals surface area contributed by atoms with Crippen LogP contribution in [-0.2, 0) is 16.4 Å². The molecule has 0 atom stereocenters. The fourth-order valence-electron chi connectivity index (χ4n) is 1.51. The number of H-pyrrole nitrogens is 1. The van der Waals surface area contributed by atoms with Gasteiger partial charge in [0, 0.05) is 19.0 Å². The summed E-state index contributed by atoms with van der Waals surface area (Å²) in [6, 6.07) is 6.30. The van der Waals surface area contributed by atoms with Crippen molar-refractivity contribution in [1.82, 2.24) is 19.9 Å². The minimum Gasteiger partial charge on any atom is -0.497 e. The van der Waals surface area contributed by atoms with Crippen molar-refractivity contribution in [3.63, 3.8) is 0 Å². The van der Waals surface area contributed by atoms with Gasteiger partial charge in [-0.1, -0.05) is 6.07 Å². The first-order valence-electron chi connectivity index (χ1n) is 5.60. The van der Waals surface area contributed by atoms with Crippen LogP contribution in [0.3, 0.4) is 0 Å². The molecule has 0 amide bonds. The Bertz CT molecular complexity index is 625. The van der Waals surface area contributed by atoms with Crippen molar-refractivity contribution in [2.24, 2.45) is 0 Å². The smallest absolute Gasteiger partial charge is 0.240 e. The van der Waals surface area contributed by atoms with Crippen LogP contribution < -0.4 is 9.46 Å². The summed E-state index contributed by atoms with van der Waals surface area (Å²) in [6.07, 6.45) is 1.83. The molecule has 2 rings (SSSR count). The average Bonchev–Trinajstić information content (AvgIpc) is 2.92. The van der Waals surface area contributed by atoms with Gasteiger partial charge in [-0.15, -0.1) is 0 Å². The maximum Gasteiger partial charge on any atom is 0.240 e. The van der Waals surface area contributed by atoms with Crippen LogP contribution in [0.15, 0.2) is 35.5 Å². The van der Waals surface area contributed by atoms with E-state index in [0.717, 1.165) is 0 Å². The van der Waals surface area contributed by atoms with E-state index in [1.807, 2.05) is 0 Å². The number of methoxy groups -OCH3 is 1. The van der Waals surface area contributed by atoms with Gasteiger partial charge in [-0.05, 0) is 12.1 Å². The fourth-order valence-corrected chi connectivity index (χ4v) is 2.57. The third-order valence-corrected chi connectivity index (χ3v) is 3.93. The Labute approximate surface area is 111 Å². The number of hydrogen-bond donors (Lipinski definition) is 2. The third kappa shape index (κ3) is 3.52. The van der Waals surface area contributed by atoms with Crippen molar-refractivity contribution in [3.8, 4) is 5.75 Å². The van der Waals surface area contributed by atoms with E-state index in [4.69, 9.17) is 4.74 Å². The number of aromatic amines is 1. The highest BCUT2D eigenvalue weighted by atomic mass is 32.2. The van der Waals surface area contributed by atoms with Crippen LogP contribution in [0.25, 0.3) is 0 Å². The third-order valence-electron chi connectivity index (χ3n) is 2.47. The summed E-state index contributed by atoms with van der Waals surface area (Å²) in [5, 5.41) is 6.35. The van der Waals surface area contributed by atoms with Gasteiger partial charge < -0.3 is 4.74 Å². The molecule has 0 saturated heterocycles. The molecule has 102 valence electrons. The monoisotopic (exact) mass is 282 g/mol. The van der Waals surface area contributed by atoms with Crippen molar-refractivity contribution in [1.29, 1.82) is 0 Å². The normalized spacial score (nSPS) is 11.4. The number of hydrogen-bond acceptors (Lipinski definition) is 5. The van der Waals surface area contributed by atoms with Crippen molar-refractivity contribution >= 4 is 10.0 Å². The molecule has 0 bridgehead atoms. The van der Waals surface area contributed by atoms with Crippen LogP contribution in [-0.4, -0.2) is 37.3 Å². The summed E-state index contributed by atoms with van der Waals surface area (Å²) in [5.41, 5.74) is 0. The van der Waals surface area contributed by atoms with E-state index < -0.39 is 10.0 Å². The van der Waals surface area contributed by atoms with Crippen molar-refractivity contribution in [2.75, 3.05) is 13.7 Å². The molecular weight excluding hydrogens is 268 g/mol. The quantitative estimate of drug-likeness (QED) is 0.796. The Hall–Kier alpha value is -1.93. The van der Waals surface area contributed by atoms with E-state index in [9.17, 15) is 8.42 Å². The van der Waals surface area contributed by atoms with Crippen LogP contribution in [0.1, 0.15) is 5.82 Å². The first-order chi connectivity index (χ1) is 9.12. The predicted molar refractivity (Wildman–Crippen MR) is 68.3 cm³/mol. The van der Waals surface area contributed by atoms with Crippen molar-refractivity contribution in [2.45, 2.75) is 11.3 Å². The van der Waals surface area contributed by atoms with Gasteiger partial charge in [-0.3, -0.25) is 5.10 Å². The Kier molecular flexibility index (Phi) is 4.13. The van der Waals surface area contributed by atoms with Crippen molar-refractivity contribution in [3.05, 3.63) is 36.4 Å². The first-order valence-corrected chi connectivity index (χ1v) is 7.08. The summed E-state index contributed by atoms with van der Waals surface area (Å²) in [4.78, 5) is 4.09. The molecule has 2 aromatic rings. The molecule has 0 aliphatic heterocycles. The summed E-state index contributed by atoms with van der Waals surface area (Å²) in [5.74, 6) is 1.13. The molecule has 0 saturated carbocycles. The van der Waals surface area contributed by atoms with E-state index in [-0.39, 0.29) is 11.4 Å². The van der Waals surface area contributed by atoms with Crippen LogP contribution in [0.4, 0.5) is 0 Å². The molecule has 1 aromatic heterocycles. The molecule has 1 heterocycles. The lowest BCUT2D eigenvalue weighted by atomic mass is 10.3. The molecule has 0 spiro atoms. The highest BCUT2D eigenvalue weighted by Crippen LogP contribution is 2.16. The van der Waals surface area contributed by atoms with E-state index >= 15 is 0 Å². The van der Waals surface area contributed by atoms with E-state index in [2.05, 4.69) is 19.9 Å². The van der Waals surface area contributed by atoms with Gasteiger partial charge in [0.25, 0.3) is 0 Å². The van der Waals surface area contributed by atoms with E-state index in [0.29, 0.717) is 18.0 Å². The van der Waals surface area contributed by atoms with Crippen LogP contribution in [0.2, 0.25) is 0 Å². The standard InChI is InChI=1S/C11H14N4O3S/c1-18-9-3-2-4-10(7-9)19(16,17)14-6-5-11-12-8-13-15-11/h2-4,7-8,14H,5-6H2,1H3,(H,12,13,15). The zero-order valence-electron chi connectivity index (χ0n) is 10.3. The van der Waals surface area contributed by atoms with Crippen molar-refractivity contribution < 1.29 is 13.2 Å².